The lowest BCUT2D eigenvalue weighted by molar-refractivity contribution is -0.127. The lowest BCUT2D eigenvalue weighted by Gasteiger charge is -2.31. The number of piperidine rings is 1. The van der Waals surface area contributed by atoms with Gasteiger partial charge in [0.15, 0.2) is 0 Å². The Bertz CT molecular complexity index is 1070. The first-order valence-corrected chi connectivity index (χ1v) is 10.8. The van der Waals surface area contributed by atoms with E-state index in [1.165, 1.54) is 6.07 Å². The third-order valence-corrected chi connectivity index (χ3v) is 5.84. The molecule has 31 heavy (non-hydrogen) atoms. The van der Waals surface area contributed by atoms with Gasteiger partial charge >= 0.3 is 0 Å². The largest absolute Gasteiger partial charge is 0.441 e. The summed E-state index contributed by atoms with van der Waals surface area (Å²) in [5.74, 6) is 0.577. The number of aryl methyl sites for hydroxylation is 1. The van der Waals surface area contributed by atoms with Crippen LogP contribution in [0.3, 0.4) is 0 Å². The first kappa shape index (κ1) is 21.5. The van der Waals surface area contributed by atoms with Gasteiger partial charge in [-0.15, -0.1) is 0 Å². The first-order valence-electron chi connectivity index (χ1n) is 10.5. The summed E-state index contributed by atoms with van der Waals surface area (Å²) < 4.78 is 19.8. The average molecular weight is 442 g/mol. The highest BCUT2D eigenvalue weighted by molar-refractivity contribution is 6.30. The predicted molar refractivity (Wildman–Crippen MR) is 118 cm³/mol. The predicted octanol–water partition coefficient (Wildman–Crippen LogP) is 4.97. The molecule has 1 fully saturated rings. The maximum atomic E-state index is 14.1. The maximum absolute atomic E-state index is 14.1. The van der Waals surface area contributed by atoms with Gasteiger partial charge in [-0.05, 0) is 56.1 Å². The number of oxazole rings is 1. The molecule has 1 aliphatic heterocycles. The van der Waals surface area contributed by atoms with Crippen LogP contribution in [0.2, 0.25) is 5.02 Å². The van der Waals surface area contributed by atoms with Gasteiger partial charge in [-0.2, -0.15) is 0 Å². The van der Waals surface area contributed by atoms with Gasteiger partial charge in [-0.25, -0.2) is 9.37 Å². The van der Waals surface area contributed by atoms with Gasteiger partial charge < -0.3 is 9.73 Å². The van der Waals surface area contributed by atoms with Crippen LogP contribution in [0.5, 0.6) is 0 Å². The van der Waals surface area contributed by atoms with Crippen LogP contribution in [0.1, 0.15) is 29.9 Å². The van der Waals surface area contributed by atoms with Crippen molar-refractivity contribution in [2.75, 3.05) is 13.1 Å². The number of carbonyl (C=O) groups excluding carboxylic acids is 1. The molecule has 2 aromatic carbocycles. The summed E-state index contributed by atoms with van der Waals surface area (Å²) in [4.78, 5) is 19.4. The first-order chi connectivity index (χ1) is 15.0. The number of benzene rings is 2. The third-order valence-electron chi connectivity index (χ3n) is 5.60. The van der Waals surface area contributed by atoms with E-state index in [4.69, 9.17) is 16.0 Å². The van der Waals surface area contributed by atoms with Gasteiger partial charge in [0.05, 0.1) is 17.2 Å². The zero-order chi connectivity index (χ0) is 21.8. The van der Waals surface area contributed by atoms with E-state index >= 15 is 0 Å². The van der Waals surface area contributed by atoms with Gasteiger partial charge in [-0.1, -0.05) is 35.9 Å². The number of rotatable bonds is 6. The Morgan fingerprint density at radius 3 is 2.94 bits per heavy atom. The zero-order valence-corrected chi connectivity index (χ0v) is 18.2. The molecule has 0 spiro atoms. The van der Waals surface area contributed by atoms with Crippen molar-refractivity contribution in [1.82, 2.24) is 15.2 Å². The van der Waals surface area contributed by atoms with Crippen LogP contribution in [0.15, 0.2) is 52.9 Å². The van der Waals surface area contributed by atoms with E-state index in [2.05, 4.69) is 15.2 Å². The molecule has 4 rings (SSSR count). The Morgan fingerprint density at radius 1 is 1.29 bits per heavy atom. The fraction of sp³-hybridized carbons (Fsp3) is 0.333. The molecule has 1 atom stereocenters. The monoisotopic (exact) mass is 441 g/mol. The number of hydrogen-bond acceptors (Lipinski definition) is 4. The summed E-state index contributed by atoms with van der Waals surface area (Å²) >= 11 is 6.01. The summed E-state index contributed by atoms with van der Waals surface area (Å²) in [7, 11) is 0. The van der Waals surface area contributed by atoms with Crippen LogP contribution in [0.4, 0.5) is 4.39 Å². The Balaban J connectivity index is 1.37. The second-order valence-corrected chi connectivity index (χ2v) is 8.36. The number of likely N-dealkylation sites (tertiary alicyclic amines) is 1. The molecule has 7 heteroatoms. The van der Waals surface area contributed by atoms with E-state index in [-0.39, 0.29) is 17.6 Å². The molecule has 2 heterocycles. The molecular weight excluding hydrogens is 417 g/mol. The number of nitrogens with one attached hydrogen (secondary N) is 1. The second-order valence-electron chi connectivity index (χ2n) is 7.92. The van der Waals surface area contributed by atoms with Crippen molar-refractivity contribution < 1.29 is 13.6 Å². The van der Waals surface area contributed by atoms with E-state index in [0.717, 1.165) is 30.6 Å². The third kappa shape index (κ3) is 5.32. The minimum Gasteiger partial charge on any atom is -0.441 e. The summed E-state index contributed by atoms with van der Waals surface area (Å²) in [5.41, 5.74) is 2.11. The van der Waals surface area contributed by atoms with E-state index in [0.29, 0.717) is 41.9 Å². The van der Waals surface area contributed by atoms with E-state index in [1.54, 1.807) is 18.2 Å². The van der Waals surface area contributed by atoms with E-state index < -0.39 is 0 Å². The molecular formula is C24H25ClFN3O2. The molecule has 1 N–H and O–H groups in total. The van der Waals surface area contributed by atoms with Crippen LogP contribution in [0.25, 0.3) is 11.5 Å². The van der Waals surface area contributed by atoms with Crippen molar-refractivity contribution in [2.45, 2.75) is 32.9 Å². The molecule has 1 aromatic heterocycles. The SMILES string of the molecule is Cc1oc(-c2ccccc2F)nc1CN1CCCC(C(=O)NCc2cccc(Cl)c2)C1. The highest BCUT2D eigenvalue weighted by Gasteiger charge is 2.27. The topological polar surface area (TPSA) is 58.4 Å². The van der Waals surface area contributed by atoms with Crippen molar-refractivity contribution >= 4 is 17.5 Å². The number of amides is 1. The molecule has 0 saturated carbocycles. The van der Waals surface area contributed by atoms with Crippen molar-refractivity contribution in [3.63, 3.8) is 0 Å². The fourth-order valence-electron chi connectivity index (χ4n) is 3.93. The van der Waals surface area contributed by atoms with Gasteiger partial charge in [0.1, 0.15) is 11.6 Å². The van der Waals surface area contributed by atoms with Crippen LogP contribution in [-0.4, -0.2) is 28.9 Å². The minimum absolute atomic E-state index is 0.0496. The lowest BCUT2D eigenvalue weighted by atomic mass is 9.97. The molecule has 1 aliphatic rings. The summed E-state index contributed by atoms with van der Waals surface area (Å²) in [6, 6.07) is 13.9. The quantitative estimate of drug-likeness (QED) is 0.586. The Kier molecular flexibility index (Phi) is 6.68. The van der Waals surface area contributed by atoms with Crippen molar-refractivity contribution in [3.8, 4) is 11.5 Å². The molecule has 0 aliphatic carbocycles. The molecule has 0 bridgehead atoms. The summed E-state index contributed by atoms with van der Waals surface area (Å²) in [6.07, 6.45) is 1.79. The zero-order valence-electron chi connectivity index (χ0n) is 17.4. The molecule has 162 valence electrons. The number of nitrogens with zero attached hydrogens (tertiary/aromatic N) is 2. The highest BCUT2D eigenvalue weighted by atomic mass is 35.5. The van der Waals surface area contributed by atoms with Crippen molar-refractivity contribution in [2.24, 2.45) is 5.92 Å². The number of aromatic nitrogens is 1. The normalized spacial score (nSPS) is 16.9. The molecule has 1 unspecified atom stereocenters. The summed E-state index contributed by atoms with van der Waals surface area (Å²) in [6.45, 7) is 4.42. The number of carbonyl (C=O) groups is 1. The van der Waals surface area contributed by atoms with Gasteiger partial charge in [0, 0.05) is 24.7 Å². The Morgan fingerprint density at radius 2 is 2.13 bits per heavy atom. The number of hydrogen-bond donors (Lipinski definition) is 1. The Labute approximate surface area is 186 Å². The Hall–Kier alpha value is -2.70. The standard InChI is InChI=1S/C24H25ClFN3O2/c1-16-22(28-24(31-16)20-9-2-3-10-21(20)26)15-29-11-5-7-18(14-29)23(30)27-13-17-6-4-8-19(25)12-17/h2-4,6,8-10,12,18H,5,7,11,13-15H2,1H3,(H,27,30). The van der Waals surface area contributed by atoms with E-state index in [1.807, 2.05) is 31.2 Å². The average Bonchev–Trinajstić information content (AvgIpc) is 3.12. The maximum Gasteiger partial charge on any atom is 0.229 e. The van der Waals surface area contributed by atoms with Crippen LogP contribution >= 0.6 is 11.6 Å². The van der Waals surface area contributed by atoms with Gasteiger partial charge in [0.2, 0.25) is 11.8 Å². The second kappa shape index (κ2) is 9.62. The molecule has 0 radical (unpaired) electrons. The highest BCUT2D eigenvalue weighted by Crippen LogP contribution is 2.26. The minimum atomic E-state index is -0.357. The van der Waals surface area contributed by atoms with Gasteiger partial charge in [0.25, 0.3) is 0 Å². The van der Waals surface area contributed by atoms with Gasteiger partial charge in [-0.3, -0.25) is 9.69 Å². The van der Waals surface area contributed by atoms with Crippen LogP contribution < -0.4 is 5.32 Å². The molecule has 1 saturated heterocycles. The fourth-order valence-corrected chi connectivity index (χ4v) is 4.14. The molecule has 3 aromatic rings. The molecule has 5 nitrogen and oxygen atoms in total. The van der Waals surface area contributed by atoms with Crippen molar-refractivity contribution in [3.05, 3.63) is 76.4 Å². The number of halogens is 2. The lowest BCUT2D eigenvalue weighted by Crippen LogP contribution is -2.42. The van der Waals surface area contributed by atoms with E-state index in [9.17, 15) is 9.18 Å². The smallest absolute Gasteiger partial charge is 0.229 e. The van der Waals surface area contributed by atoms with Crippen LogP contribution in [0, 0.1) is 18.7 Å². The molecule has 1 amide bonds. The van der Waals surface area contributed by atoms with Crippen LogP contribution in [-0.2, 0) is 17.9 Å². The van der Waals surface area contributed by atoms with Crippen molar-refractivity contribution in [1.29, 1.82) is 0 Å². The summed E-state index contributed by atoms with van der Waals surface area (Å²) in [5, 5.41) is 3.68.